The second-order valence-electron chi connectivity index (χ2n) is 3.41. The Hall–Kier alpha value is -0.230. The molecule has 0 N–H and O–H groups in total. The Balaban J connectivity index is 2.46. The smallest absolute Gasteiger partial charge is 0.264 e. The third-order valence-electron chi connectivity index (χ3n) is 1.96. The zero-order chi connectivity index (χ0) is 9.62. The highest BCUT2D eigenvalue weighted by Crippen LogP contribution is 2.60. The monoisotopic (exact) mass is 200 g/mol. The van der Waals surface area contributed by atoms with Crippen molar-refractivity contribution in [2.24, 2.45) is 5.41 Å². The summed E-state index contributed by atoms with van der Waals surface area (Å²) in [5.74, 6) is -2.77. The lowest BCUT2D eigenvalue weighted by Crippen LogP contribution is -2.17. The number of halogens is 2. The zero-order valence-electron chi connectivity index (χ0n) is 6.80. The molecule has 0 aromatic rings. The topological polar surface area (TPSA) is 43.4 Å². The van der Waals surface area contributed by atoms with Crippen LogP contribution in [-0.2, 0) is 14.3 Å². The molecule has 0 spiro atoms. The molecule has 0 aromatic heterocycles. The Morgan fingerprint density at radius 3 is 2.17 bits per heavy atom. The third-order valence-corrected chi connectivity index (χ3v) is 2.51. The lowest BCUT2D eigenvalue weighted by atomic mass is 10.2. The van der Waals surface area contributed by atoms with E-state index in [0.29, 0.717) is 0 Å². The average molecular weight is 200 g/mol. The molecule has 0 heterocycles. The number of rotatable bonds is 3. The Labute approximate surface area is 69.8 Å². The predicted molar refractivity (Wildman–Crippen MR) is 38.5 cm³/mol. The van der Waals surface area contributed by atoms with E-state index in [1.165, 1.54) is 6.92 Å². The molecule has 1 aliphatic rings. The maximum absolute atomic E-state index is 12.5. The van der Waals surface area contributed by atoms with Crippen molar-refractivity contribution in [1.29, 1.82) is 0 Å². The minimum Gasteiger partial charge on any atom is -0.270 e. The fraction of sp³-hybridized carbons (Fsp3) is 1.00. The van der Waals surface area contributed by atoms with Crippen molar-refractivity contribution in [2.45, 2.75) is 19.3 Å². The van der Waals surface area contributed by atoms with E-state index < -0.39 is 28.1 Å². The average Bonchev–Trinajstić information content (AvgIpc) is 2.28. The quantitative estimate of drug-likeness (QED) is 0.638. The van der Waals surface area contributed by atoms with Gasteiger partial charge in [-0.2, -0.15) is 8.42 Å². The van der Waals surface area contributed by atoms with Gasteiger partial charge in [0.25, 0.3) is 16.0 Å². The van der Waals surface area contributed by atoms with E-state index in [-0.39, 0.29) is 6.42 Å². The van der Waals surface area contributed by atoms with Crippen molar-refractivity contribution in [1.82, 2.24) is 0 Å². The molecule has 0 aromatic carbocycles. The third kappa shape index (κ3) is 1.92. The van der Waals surface area contributed by atoms with Gasteiger partial charge in [0.2, 0.25) is 0 Å². The van der Waals surface area contributed by atoms with Crippen LogP contribution < -0.4 is 0 Å². The molecule has 72 valence electrons. The summed E-state index contributed by atoms with van der Waals surface area (Å²) < 4.78 is 50.1. The Morgan fingerprint density at radius 1 is 1.50 bits per heavy atom. The van der Waals surface area contributed by atoms with Crippen LogP contribution in [-0.4, -0.2) is 27.2 Å². The normalized spacial score (nSPS) is 33.3. The number of hydrogen-bond acceptors (Lipinski definition) is 3. The van der Waals surface area contributed by atoms with Crippen LogP contribution in [0.25, 0.3) is 0 Å². The molecule has 1 rings (SSSR count). The Bertz CT molecular complexity index is 285. The number of alkyl halides is 2. The first-order chi connectivity index (χ1) is 5.16. The van der Waals surface area contributed by atoms with Crippen molar-refractivity contribution < 1.29 is 21.4 Å². The van der Waals surface area contributed by atoms with Crippen LogP contribution in [0.1, 0.15) is 13.3 Å². The number of hydrogen-bond donors (Lipinski definition) is 0. The SMILES string of the molecule is CC1(COS(C)(=O)=O)CC1(F)F. The van der Waals surface area contributed by atoms with Crippen LogP contribution in [0.3, 0.4) is 0 Å². The predicted octanol–water partition coefficient (Wildman–Crippen LogP) is 1.01. The van der Waals surface area contributed by atoms with Crippen LogP contribution in [0, 0.1) is 5.41 Å². The van der Waals surface area contributed by atoms with Gasteiger partial charge in [-0.05, 0) is 0 Å². The van der Waals surface area contributed by atoms with Gasteiger partial charge in [0, 0.05) is 6.42 Å². The largest absolute Gasteiger partial charge is 0.270 e. The van der Waals surface area contributed by atoms with E-state index >= 15 is 0 Å². The molecule has 0 radical (unpaired) electrons. The molecule has 3 nitrogen and oxygen atoms in total. The van der Waals surface area contributed by atoms with Gasteiger partial charge in [-0.25, -0.2) is 8.78 Å². The first-order valence-electron chi connectivity index (χ1n) is 3.39. The van der Waals surface area contributed by atoms with E-state index in [1.807, 2.05) is 0 Å². The van der Waals surface area contributed by atoms with Crippen molar-refractivity contribution in [3.05, 3.63) is 0 Å². The second kappa shape index (κ2) is 2.38. The summed E-state index contributed by atoms with van der Waals surface area (Å²) in [4.78, 5) is 0. The maximum atomic E-state index is 12.5. The van der Waals surface area contributed by atoms with Crippen LogP contribution in [0.4, 0.5) is 8.78 Å². The van der Waals surface area contributed by atoms with Crippen LogP contribution in [0.5, 0.6) is 0 Å². The van der Waals surface area contributed by atoms with Gasteiger partial charge in [-0.1, -0.05) is 6.92 Å². The van der Waals surface area contributed by atoms with Crippen molar-refractivity contribution in [2.75, 3.05) is 12.9 Å². The van der Waals surface area contributed by atoms with Gasteiger partial charge in [-0.3, -0.25) is 4.18 Å². The van der Waals surface area contributed by atoms with Gasteiger partial charge in [0.1, 0.15) is 0 Å². The first kappa shape index (κ1) is 9.85. The van der Waals surface area contributed by atoms with E-state index in [4.69, 9.17) is 0 Å². The zero-order valence-corrected chi connectivity index (χ0v) is 7.62. The highest BCUT2D eigenvalue weighted by molar-refractivity contribution is 7.85. The van der Waals surface area contributed by atoms with E-state index in [2.05, 4.69) is 4.18 Å². The maximum Gasteiger partial charge on any atom is 0.264 e. The minimum absolute atomic E-state index is 0.296. The van der Waals surface area contributed by atoms with E-state index in [1.54, 1.807) is 0 Å². The summed E-state index contributed by atoms with van der Waals surface area (Å²) in [6.07, 6.45) is 0.548. The molecule has 1 aliphatic carbocycles. The van der Waals surface area contributed by atoms with Crippen LogP contribution in [0.15, 0.2) is 0 Å². The minimum atomic E-state index is -3.60. The summed E-state index contributed by atoms with van der Waals surface area (Å²) in [5.41, 5.74) is -1.28. The summed E-state index contributed by atoms with van der Waals surface area (Å²) >= 11 is 0. The summed E-state index contributed by atoms with van der Waals surface area (Å²) in [6, 6.07) is 0. The standard InChI is InChI=1S/C6H10F2O3S/c1-5(3-6(5,7)8)4-11-12(2,9)10/h3-4H2,1-2H3. The molecule has 1 saturated carbocycles. The highest BCUT2D eigenvalue weighted by Gasteiger charge is 2.68. The van der Waals surface area contributed by atoms with Crippen molar-refractivity contribution >= 4 is 10.1 Å². The fourth-order valence-corrected chi connectivity index (χ4v) is 1.31. The molecule has 6 heteroatoms. The lowest BCUT2D eigenvalue weighted by molar-refractivity contribution is 0.0514. The van der Waals surface area contributed by atoms with Gasteiger partial charge < -0.3 is 0 Å². The molecular formula is C6H10F2O3S. The molecular weight excluding hydrogens is 190 g/mol. The molecule has 0 aliphatic heterocycles. The van der Waals surface area contributed by atoms with Gasteiger partial charge in [0.05, 0.1) is 18.3 Å². The molecule has 1 fully saturated rings. The lowest BCUT2D eigenvalue weighted by Gasteiger charge is -2.08. The summed E-state index contributed by atoms with van der Waals surface area (Å²) in [7, 11) is -3.60. The van der Waals surface area contributed by atoms with Crippen LogP contribution in [0.2, 0.25) is 0 Å². The van der Waals surface area contributed by atoms with Crippen LogP contribution >= 0.6 is 0 Å². The summed E-state index contributed by atoms with van der Waals surface area (Å²) in [6.45, 7) is 0.872. The van der Waals surface area contributed by atoms with E-state index in [9.17, 15) is 17.2 Å². The van der Waals surface area contributed by atoms with Crippen molar-refractivity contribution in [3.8, 4) is 0 Å². The Morgan fingerprint density at radius 2 is 1.92 bits per heavy atom. The second-order valence-corrected chi connectivity index (χ2v) is 5.05. The molecule has 1 unspecified atom stereocenters. The summed E-state index contributed by atoms with van der Waals surface area (Å²) in [5, 5.41) is 0. The molecule has 1 atom stereocenters. The van der Waals surface area contributed by atoms with Gasteiger partial charge in [0.15, 0.2) is 0 Å². The van der Waals surface area contributed by atoms with Gasteiger partial charge in [-0.15, -0.1) is 0 Å². The molecule has 12 heavy (non-hydrogen) atoms. The Kier molecular flexibility index (Phi) is 1.96. The molecule has 0 saturated heterocycles. The molecule has 0 bridgehead atoms. The van der Waals surface area contributed by atoms with E-state index in [0.717, 1.165) is 6.26 Å². The fourth-order valence-electron chi connectivity index (χ4n) is 0.840. The molecule has 0 amide bonds. The van der Waals surface area contributed by atoms with Crippen molar-refractivity contribution in [3.63, 3.8) is 0 Å². The first-order valence-corrected chi connectivity index (χ1v) is 5.20. The van der Waals surface area contributed by atoms with Gasteiger partial charge >= 0.3 is 0 Å². The highest BCUT2D eigenvalue weighted by atomic mass is 32.2.